The predicted octanol–water partition coefficient (Wildman–Crippen LogP) is 7.22. The first-order valence-corrected chi connectivity index (χ1v) is 11.0. The van der Waals surface area contributed by atoms with Gasteiger partial charge in [-0.3, -0.25) is 4.98 Å². The zero-order valence-electron chi connectivity index (χ0n) is 17.6. The summed E-state index contributed by atoms with van der Waals surface area (Å²) in [7, 11) is -3.79. The summed E-state index contributed by atoms with van der Waals surface area (Å²) < 4.78 is 167. The minimum atomic E-state index is -5.55. The van der Waals surface area contributed by atoms with Crippen LogP contribution in [-0.2, 0) is 24.7 Å². The molecular weight excluding hydrogens is 537 g/mol. The fourth-order valence-electron chi connectivity index (χ4n) is 3.48. The van der Waals surface area contributed by atoms with Crippen LogP contribution in [0.2, 0.25) is 0 Å². The Hall–Kier alpha value is -2.82. The average molecular weight is 549 g/mol. The maximum absolute atomic E-state index is 13.9. The number of halogens is 12. The second kappa shape index (κ2) is 9.24. The summed E-state index contributed by atoms with van der Waals surface area (Å²) in [6.07, 6.45) is -22.2. The van der Waals surface area contributed by atoms with E-state index in [1.54, 1.807) is 0 Å². The van der Waals surface area contributed by atoms with Crippen molar-refractivity contribution >= 4 is 24.0 Å². The summed E-state index contributed by atoms with van der Waals surface area (Å²) in [6, 6.07) is 4.59. The molecular formula is C22H12F12NP. The van der Waals surface area contributed by atoms with Crippen LogP contribution in [0, 0.1) is 6.92 Å². The van der Waals surface area contributed by atoms with E-state index in [0.29, 0.717) is 12.1 Å². The van der Waals surface area contributed by atoms with Gasteiger partial charge in [-0.15, -0.1) is 0 Å². The summed E-state index contributed by atoms with van der Waals surface area (Å²) in [6.45, 7) is 1.23. The molecule has 0 fully saturated rings. The first-order valence-electron chi connectivity index (χ1n) is 9.62. The van der Waals surface area contributed by atoms with Crippen LogP contribution in [0.4, 0.5) is 52.7 Å². The largest absolute Gasteiger partial charge is 0.417 e. The van der Waals surface area contributed by atoms with Gasteiger partial charge in [-0.2, -0.15) is 52.7 Å². The van der Waals surface area contributed by atoms with Crippen LogP contribution in [0.1, 0.15) is 27.9 Å². The van der Waals surface area contributed by atoms with Crippen molar-refractivity contribution in [1.29, 1.82) is 0 Å². The zero-order chi connectivity index (χ0) is 27.3. The van der Waals surface area contributed by atoms with E-state index >= 15 is 0 Å². The third kappa shape index (κ3) is 5.61. The highest BCUT2D eigenvalue weighted by Gasteiger charge is 2.48. The highest BCUT2D eigenvalue weighted by atomic mass is 31.1. The van der Waals surface area contributed by atoms with E-state index in [1.807, 2.05) is 0 Å². The number of nitrogens with zero attached hydrogens (tertiary/aromatic N) is 1. The molecule has 0 bridgehead atoms. The molecule has 0 saturated heterocycles. The predicted molar refractivity (Wildman–Crippen MR) is 108 cm³/mol. The summed E-state index contributed by atoms with van der Waals surface area (Å²) in [4.78, 5) is 3.78. The number of hydrogen-bond acceptors (Lipinski definition) is 1. The van der Waals surface area contributed by atoms with Crippen LogP contribution in [0.25, 0.3) is 0 Å². The lowest BCUT2D eigenvalue weighted by molar-refractivity contribution is -0.142. The van der Waals surface area contributed by atoms with Gasteiger partial charge in [-0.1, -0.05) is 18.2 Å². The van der Waals surface area contributed by atoms with Gasteiger partial charge in [0.2, 0.25) is 0 Å². The van der Waals surface area contributed by atoms with E-state index in [1.165, 1.54) is 13.0 Å². The van der Waals surface area contributed by atoms with E-state index in [4.69, 9.17) is 0 Å². The molecule has 0 N–H and O–H groups in total. The van der Waals surface area contributed by atoms with E-state index in [0.717, 1.165) is 12.1 Å². The van der Waals surface area contributed by atoms with Crippen LogP contribution in [-0.4, -0.2) is 4.98 Å². The number of alkyl halides is 12. The molecule has 2 aromatic carbocycles. The molecule has 3 rings (SSSR count). The molecule has 0 aliphatic heterocycles. The minimum absolute atomic E-state index is 0.0453. The molecule has 0 spiro atoms. The fourth-order valence-corrected chi connectivity index (χ4v) is 6.42. The number of benzene rings is 2. The summed E-state index contributed by atoms with van der Waals surface area (Å²) in [5.41, 5.74) is -8.91. The van der Waals surface area contributed by atoms with Crippen LogP contribution < -0.4 is 16.0 Å². The van der Waals surface area contributed by atoms with Crippen molar-refractivity contribution < 1.29 is 52.7 Å². The molecule has 0 aliphatic rings. The fraction of sp³-hybridized carbons (Fsp3) is 0.227. The van der Waals surface area contributed by atoms with Crippen molar-refractivity contribution in [2.24, 2.45) is 0 Å². The van der Waals surface area contributed by atoms with E-state index in [2.05, 4.69) is 4.98 Å². The Balaban J connectivity index is 2.66. The Bertz CT molecular complexity index is 1120. The van der Waals surface area contributed by atoms with E-state index in [9.17, 15) is 52.7 Å². The second-order valence-corrected chi connectivity index (χ2v) is 9.39. The summed E-state index contributed by atoms with van der Waals surface area (Å²) in [5.74, 6) is 0. The molecule has 3 aromatic rings. The molecule has 194 valence electrons. The normalized spacial score (nSPS) is 13.4. The number of pyridine rings is 1. The van der Waals surface area contributed by atoms with Gasteiger partial charge in [0, 0.05) is 24.2 Å². The van der Waals surface area contributed by atoms with Crippen LogP contribution in [0.3, 0.4) is 0 Å². The number of aryl methyl sites for hydroxylation is 1. The molecule has 1 heterocycles. The minimum Gasteiger partial charge on any atom is -0.253 e. The summed E-state index contributed by atoms with van der Waals surface area (Å²) >= 11 is 0. The van der Waals surface area contributed by atoms with E-state index < -0.39 is 70.9 Å². The van der Waals surface area contributed by atoms with Gasteiger partial charge in [0.15, 0.2) is 0 Å². The van der Waals surface area contributed by atoms with Crippen molar-refractivity contribution in [2.75, 3.05) is 0 Å². The van der Waals surface area contributed by atoms with Gasteiger partial charge in [-0.25, -0.2) is 0 Å². The lowest BCUT2D eigenvalue weighted by atomic mass is 10.1. The van der Waals surface area contributed by atoms with Gasteiger partial charge in [-0.05, 0) is 43.3 Å². The summed E-state index contributed by atoms with van der Waals surface area (Å²) in [5, 5.41) is -3.51. The van der Waals surface area contributed by atoms with Gasteiger partial charge in [0.05, 0.1) is 27.7 Å². The highest BCUT2D eigenvalue weighted by molar-refractivity contribution is 7.80. The number of rotatable bonds is 3. The second-order valence-electron chi connectivity index (χ2n) is 7.37. The lowest BCUT2D eigenvalue weighted by Gasteiger charge is -2.30. The molecule has 36 heavy (non-hydrogen) atoms. The van der Waals surface area contributed by atoms with Gasteiger partial charge < -0.3 is 0 Å². The van der Waals surface area contributed by atoms with Crippen molar-refractivity contribution in [3.05, 3.63) is 82.5 Å². The van der Waals surface area contributed by atoms with Gasteiger partial charge >= 0.3 is 24.7 Å². The van der Waals surface area contributed by atoms with Crippen molar-refractivity contribution in [2.45, 2.75) is 31.6 Å². The van der Waals surface area contributed by atoms with Gasteiger partial charge in [0.25, 0.3) is 0 Å². The van der Waals surface area contributed by atoms with Crippen molar-refractivity contribution in [1.82, 2.24) is 4.98 Å². The molecule has 0 unspecified atom stereocenters. The van der Waals surface area contributed by atoms with Crippen LogP contribution >= 0.6 is 7.92 Å². The SMILES string of the molecule is Cc1cccc(P(c2c(C(F)(F)F)cccc2C(F)(F)F)c2c(C(F)(F)F)cccc2C(F)(F)F)n1. The Labute approximate surface area is 196 Å². The third-order valence-electron chi connectivity index (χ3n) is 4.84. The smallest absolute Gasteiger partial charge is 0.253 e. The Morgan fingerprint density at radius 2 is 0.806 bits per heavy atom. The Morgan fingerprint density at radius 3 is 1.08 bits per heavy atom. The topological polar surface area (TPSA) is 12.9 Å². The maximum Gasteiger partial charge on any atom is 0.417 e. The Morgan fingerprint density at radius 1 is 0.500 bits per heavy atom. The van der Waals surface area contributed by atoms with E-state index in [-0.39, 0.29) is 30.0 Å². The monoisotopic (exact) mass is 549 g/mol. The quantitative estimate of drug-likeness (QED) is 0.248. The molecule has 0 saturated carbocycles. The third-order valence-corrected chi connectivity index (χ3v) is 7.41. The average Bonchev–Trinajstić information content (AvgIpc) is 2.71. The molecule has 0 aliphatic carbocycles. The number of aromatic nitrogens is 1. The van der Waals surface area contributed by atoms with Crippen molar-refractivity contribution in [3.8, 4) is 0 Å². The molecule has 0 amide bonds. The molecule has 1 aromatic heterocycles. The van der Waals surface area contributed by atoms with Gasteiger partial charge in [0.1, 0.15) is 0 Å². The standard InChI is InChI=1S/C22H12F12NP/c1-11-5-2-10-16(35-11)36(17-12(19(23,24)25)6-3-7-13(17)20(26,27)28)18-14(21(29,30)31)8-4-9-15(18)22(32,33)34/h2-10H,1H3. The number of hydrogen-bond donors (Lipinski definition) is 0. The Kier molecular flexibility index (Phi) is 7.13. The molecule has 0 atom stereocenters. The van der Waals surface area contributed by atoms with Crippen molar-refractivity contribution in [3.63, 3.8) is 0 Å². The molecule has 14 heteroatoms. The van der Waals surface area contributed by atoms with Crippen LogP contribution in [0.15, 0.2) is 54.6 Å². The maximum atomic E-state index is 13.9. The zero-order valence-corrected chi connectivity index (χ0v) is 18.5. The first-order chi connectivity index (χ1) is 16.3. The molecule has 0 radical (unpaired) electrons. The molecule has 1 nitrogen and oxygen atoms in total. The highest BCUT2D eigenvalue weighted by Crippen LogP contribution is 2.48. The first kappa shape index (κ1) is 27.8. The van der Waals surface area contributed by atoms with Crippen LogP contribution in [0.5, 0.6) is 0 Å². The lowest BCUT2D eigenvalue weighted by Crippen LogP contribution is -2.38.